The Kier molecular flexibility index (Phi) is 6.42. The lowest BCUT2D eigenvalue weighted by atomic mass is 9.89. The summed E-state index contributed by atoms with van der Waals surface area (Å²) in [5, 5.41) is 43.1. The molecule has 12 nitrogen and oxygen atoms in total. The number of primary sulfonamides is 1. The molecule has 1 unspecified atom stereocenters. The van der Waals surface area contributed by atoms with Gasteiger partial charge in [-0.3, -0.25) is 15.0 Å². The number of aromatic nitrogens is 2. The number of aromatic amines is 1. The van der Waals surface area contributed by atoms with E-state index in [1.807, 2.05) is 0 Å². The SMILES string of the molecule is N=C(N)c1ccc2[nH]c(-c3cc(C(CC(=O)O)C(=O)O)cc(-c4cccc(S(N)(=O)=O)c4)c3O)nc2c1. The molecule has 0 amide bonds. The number of carbonyl (C=O) groups is 2. The number of nitrogen functional groups attached to an aromatic ring is 1. The second-order valence-electron chi connectivity index (χ2n) is 8.26. The molecule has 0 radical (unpaired) electrons. The van der Waals surface area contributed by atoms with E-state index >= 15 is 0 Å². The standard InChI is InChI=1S/C24H21N5O7S/c25-22(26)12-4-5-18-19(9-12)29-23(28-18)17-8-13(16(24(33)34)10-20(30)31)7-15(21(17)32)11-2-1-3-14(6-11)37(27,35)36/h1-9,16,32H,10H2,(H3,25,26)(H,28,29)(H,30,31)(H,33,34)(H2,27,35,36). The molecular weight excluding hydrogens is 502 g/mol. The smallest absolute Gasteiger partial charge is 0.311 e. The maximum absolute atomic E-state index is 12.0. The van der Waals surface area contributed by atoms with Gasteiger partial charge in [-0.1, -0.05) is 12.1 Å². The second-order valence-corrected chi connectivity index (χ2v) is 9.82. The number of H-pyrrole nitrogens is 1. The zero-order valence-corrected chi connectivity index (χ0v) is 19.8. The Labute approximate surface area is 209 Å². The molecule has 190 valence electrons. The van der Waals surface area contributed by atoms with E-state index in [1.165, 1.54) is 36.4 Å². The van der Waals surface area contributed by atoms with Crippen molar-refractivity contribution in [2.24, 2.45) is 10.9 Å². The summed E-state index contributed by atoms with van der Waals surface area (Å²) in [6.07, 6.45) is -0.738. The maximum atomic E-state index is 12.0. The number of benzene rings is 3. The van der Waals surface area contributed by atoms with Crippen LogP contribution in [0.5, 0.6) is 5.75 Å². The van der Waals surface area contributed by atoms with Crippen molar-refractivity contribution in [2.75, 3.05) is 0 Å². The molecule has 0 saturated carbocycles. The van der Waals surface area contributed by atoms with Crippen molar-refractivity contribution in [1.82, 2.24) is 9.97 Å². The van der Waals surface area contributed by atoms with Gasteiger partial charge in [0, 0.05) is 11.1 Å². The predicted octanol–water partition coefficient (Wildman–Crippen LogP) is 2.18. The van der Waals surface area contributed by atoms with Crippen LogP contribution in [0, 0.1) is 5.41 Å². The van der Waals surface area contributed by atoms with E-state index in [2.05, 4.69) is 9.97 Å². The highest BCUT2D eigenvalue weighted by Gasteiger charge is 2.27. The zero-order chi connectivity index (χ0) is 27.1. The molecule has 4 aromatic rings. The highest BCUT2D eigenvalue weighted by atomic mass is 32.2. The fourth-order valence-corrected chi connectivity index (χ4v) is 4.48. The molecule has 4 rings (SSSR count). The summed E-state index contributed by atoms with van der Waals surface area (Å²) < 4.78 is 23.8. The van der Waals surface area contributed by atoms with E-state index in [4.69, 9.17) is 16.3 Å². The topological polar surface area (TPSA) is 234 Å². The number of sulfonamides is 1. The van der Waals surface area contributed by atoms with Crippen LogP contribution < -0.4 is 10.9 Å². The quantitative estimate of drug-likeness (QED) is 0.132. The van der Waals surface area contributed by atoms with Gasteiger partial charge < -0.3 is 26.0 Å². The highest BCUT2D eigenvalue weighted by Crippen LogP contribution is 2.41. The number of nitrogens with one attached hydrogen (secondary N) is 2. The van der Waals surface area contributed by atoms with E-state index in [-0.39, 0.29) is 44.6 Å². The Morgan fingerprint density at radius 1 is 1.05 bits per heavy atom. The number of imidazole rings is 1. The Morgan fingerprint density at radius 2 is 1.76 bits per heavy atom. The fourth-order valence-electron chi connectivity index (χ4n) is 3.92. The van der Waals surface area contributed by atoms with Crippen molar-refractivity contribution in [3.63, 3.8) is 0 Å². The van der Waals surface area contributed by atoms with Crippen molar-refractivity contribution in [1.29, 1.82) is 5.41 Å². The molecule has 1 aromatic heterocycles. The van der Waals surface area contributed by atoms with Gasteiger partial charge in [0.1, 0.15) is 17.4 Å². The van der Waals surface area contributed by atoms with Crippen LogP contribution in [0.15, 0.2) is 59.5 Å². The van der Waals surface area contributed by atoms with Crippen molar-refractivity contribution in [2.45, 2.75) is 17.2 Å². The number of carboxylic acid groups (broad SMARTS) is 2. The van der Waals surface area contributed by atoms with Crippen LogP contribution in [-0.4, -0.2) is 51.5 Å². The van der Waals surface area contributed by atoms with Gasteiger partial charge in [0.05, 0.1) is 33.8 Å². The first kappa shape index (κ1) is 25.3. The first-order valence-electron chi connectivity index (χ1n) is 10.6. The molecule has 0 aliphatic heterocycles. The normalized spacial score (nSPS) is 12.4. The molecule has 1 atom stereocenters. The monoisotopic (exact) mass is 523 g/mol. The average Bonchev–Trinajstić information content (AvgIpc) is 3.25. The summed E-state index contributed by atoms with van der Waals surface area (Å²) in [6, 6.07) is 12.7. The highest BCUT2D eigenvalue weighted by molar-refractivity contribution is 7.89. The Balaban J connectivity index is 1.99. The van der Waals surface area contributed by atoms with Crippen LogP contribution in [0.2, 0.25) is 0 Å². The average molecular weight is 524 g/mol. The van der Waals surface area contributed by atoms with Crippen LogP contribution in [-0.2, 0) is 19.6 Å². The maximum Gasteiger partial charge on any atom is 0.311 e. The number of aromatic hydroxyl groups is 1. The molecule has 9 N–H and O–H groups in total. The number of carboxylic acids is 2. The van der Waals surface area contributed by atoms with E-state index in [0.29, 0.717) is 16.6 Å². The third-order valence-corrected chi connectivity index (χ3v) is 6.65. The number of fused-ring (bicyclic) bond motifs is 1. The number of aliphatic carboxylic acids is 2. The molecule has 0 fully saturated rings. The van der Waals surface area contributed by atoms with E-state index in [1.54, 1.807) is 18.2 Å². The fraction of sp³-hybridized carbons (Fsp3) is 0.0833. The third kappa shape index (κ3) is 5.12. The van der Waals surface area contributed by atoms with Gasteiger partial charge in [-0.15, -0.1) is 0 Å². The third-order valence-electron chi connectivity index (χ3n) is 5.73. The van der Waals surface area contributed by atoms with Crippen LogP contribution in [0.25, 0.3) is 33.5 Å². The van der Waals surface area contributed by atoms with Crippen LogP contribution in [0.4, 0.5) is 0 Å². The van der Waals surface area contributed by atoms with Crippen molar-refractivity contribution in [3.05, 3.63) is 65.7 Å². The molecule has 13 heteroatoms. The second kappa shape index (κ2) is 9.37. The van der Waals surface area contributed by atoms with E-state index in [9.17, 15) is 33.3 Å². The predicted molar refractivity (Wildman–Crippen MR) is 134 cm³/mol. The number of phenols is 1. The minimum atomic E-state index is -4.09. The van der Waals surface area contributed by atoms with Gasteiger partial charge in [-0.05, 0) is 53.6 Å². The van der Waals surface area contributed by atoms with Crippen molar-refractivity contribution >= 4 is 38.8 Å². The molecule has 0 spiro atoms. The summed E-state index contributed by atoms with van der Waals surface area (Å²) in [4.78, 5) is 30.6. The molecule has 0 bridgehead atoms. The number of nitrogens with zero attached hydrogens (tertiary/aromatic N) is 1. The Hall–Kier alpha value is -4.75. The van der Waals surface area contributed by atoms with Gasteiger partial charge in [-0.25, -0.2) is 18.5 Å². The number of hydrogen-bond donors (Lipinski definition) is 7. The largest absolute Gasteiger partial charge is 0.507 e. The summed E-state index contributed by atoms with van der Waals surface area (Å²) in [6.45, 7) is 0. The van der Waals surface area contributed by atoms with Gasteiger partial charge in [0.25, 0.3) is 0 Å². The van der Waals surface area contributed by atoms with Crippen molar-refractivity contribution in [3.8, 4) is 28.3 Å². The first-order valence-corrected chi connectivity index (χ1v) is 12.2. The zero-order valence-electron chi connectivity index (χ0n) is 19.0. The number of nitrogens with two attached hydrogens (primary N) is 2. The minimum absolute atomic E-state index is 0.0412. The van der Waals surface area contributed by atoms with Crippen molar-refractivity contribution < 1.29 is 33.3 Å². The summed E-state index contributed by atoms with van der Waals surface area (Å²) in [5.41, 5.74) is 7.23. The molecular formula is C24H21N5O7S. The number of hydrogen-bond acceptors (Lipinski definition) is 7. The minimum Gasteiger partial charge on any atom is -0.507 e. The van der Waals surface area contributed by atoms with Gasteiger partial charge in [0.2, 0.25) is 10.0 Å². The molecule has 1 heterocycles. The first-order chi connectivity index (χ1) is 17.3. The van der Waals surface area contributed by atoms with Gasteiger partial charge >= 0.3 is 11.9 Å². The van der Waals surface area contributed by atoms with Gasteiger partial charge in [-0.2, -0.15) is 0 Å². The molecule has 37 heavy (non-hydrogen) atoms. The summed E-state index contributed by atoms with van der Waals surface area (Å²) >= 11 is 0. The van der Waals surface area contributed by atoms with Crippen LogP contribution in [0.3, 0.4) is 0 Å². The lowest BCUT2D eigenvalue weighted by Crippen LogP contribution is -2.16. The molecule has 0 aliphatic rings. The molecule has 0 saturated heterocycles. The molecule has 0 aliphatic carbocycles. The number of amidine groups is 1. The summed E-state index contributed by atoms with van der Waals surface area (Å²) in [5.74, 6) is -4.64. The lowest BCUT2D eigenvalue weighted by Gasteiger charge is -2.16. The summed E-state index contributed by atoms with van der Waals surface area (Å²) in [7, 11) is -4.09. The molecule has 3 aromatic carbocycles. The number of rotatable bonds is 8. The van der Waals surface area contributed by atoms with E-state index < -0.39 is 34.3 Å². The van der Waals surface area contributed by atoms with E-state index in [0.717, 1.165) is 0 Å². The Bertz CT molecular complexity index is 1700. The van der Waals surface area contributed by atoms with Gasteiger partial charge in [0.15, 0.2) is 0 Å². The van der Waals surface area contributed by atoms with Crippen LogP contribution >= 0.6 is 0 Å². The van der Waals surface area contributed by atoms with Crippen LogP contribution in [0.1, 0.15) is 23.5 Å². The number of phenolic OH excluding ortho intramolecular Hbond substituents is 1. The Morgan fingerprint density at radius 3 is 2.38 bits per heavy atom. The lowest BCUT2D eigenvalue weighted by molar-refractivity contribution is -0.145.